The molecule has 0 radical (unpaired) electrons. The summed E-state index contributed by atoms with van der Waals surface area (Å²) in [6.07, 6.45) is 0.384. The van der Waals surface area contributed by atoms with E-state index in [0.717, 1.165) is 13.0 Å². The van der Waals surface area contributed by atoms with Crippen molar-refractivity contribution in [3.8, 4) is 0 Å². The zero-order chi connectivity index (χ0) is 13.3. The maximum atomic E-state index is 9.82. The zero-order valence-corrected chi connectivity index (χ0v) is 10.7. The van der Waals surface area contributed by atoms with Crippen molar-refractivity contribution >= 4 is 17.6 Å². The fourth-order valence-corrected chi connectivity index (χ4v) is 2.39. The van der Waals surface area contributed by atoms with Crippen LogP contribution in [0.15, 0.2) is 6.07 Å². The number of hydrogen-bond acceptors (Lipinski definition) is 7. The fourth-order valence-electron chi connectivity index (χ4n) is 2.39. The normalized spacial score (nSPS) is 23.9. The molecule has 2 atom stereocenters. The number of aliphatic hydroxyl groups excluding tert-OH is 1. The highest BCUT2D eigenvalue weighted by Gasteiger charge is 2.32. The van der Waals surface area contributed by atoms with Gasteiger partial charge in [-0.25, -0.2) is 0 Å². The molecule has 1 aromatic heterocycles. The Hall–Kier alpha value is -1.60. The number of likely N-dealkylation sites (N-methyl/N-ethyl adjacent to an activating group) is 1. The van der Waals surface area contributed by atoms with Gasteiger partial charge in [-0.15, -0.1) is 0 Å². The first-order valence-electron chi connectivity index (χ1n) is 5.95. The van der Waals surface area contributed by atoms with Gasteiger partial charge in [-0.05, 0) is 20.5 Å². The Morgan fingerprint density at radius 3 is 2.78 bits per heavy atom. The smallest absolute Gasteiger partial charge is 0.223 e. The second kappa shape index (κ2) is 4.95. The summed E-state index contributed by atoms with van der Waals surface area (Å²) >= 11 is 0. The molecule has 0 aromatic carbocycles. The average Bonchev–Trinajstić information content (AvgIpc) is 2.56. The lowest BCUT2D eigenvalue weighted by molar-refractivity contribution is 0.191. The zero-order valence-electron chi connectivity index (χ0n) is 10.7. The van der Waals surface area contributed by atoms with Gasteiger partial charge in [-0.2, -0.15) is 9.97 Å². The first kappa shape index (κ1) is 12.8. The molecule has 2 heterocycles. The number of rotatable bonds is 3. The molecule has 1 fully saturated rings. The maximum Gasteiger partial charge on any atom is 0.223 e. The molecule has 1 aromatic rings. The molecule has 7 heteroatoms. The van der Waals surface area contributed by atoms with Crippen LogP contribution in [0.5, 0.6) is 0 Å². The minimum absolute atomic E-state index is 0.162. The number of aromatic nitrogens is 2. The predicted octanol–water partition coefficient (Wildman–Crippen LogP) is -0.858. The highest BCUT2D eigenvalue weighted by molar-refractivity contribution is 5.52. The summed E-state index contributed by atoms with van der Waals surface area (Å²) in [7, 11) is 4.01. The average molecular weight is 252 g/mol. The summed E-state index contributed by atoms with van der Waals surface area (Å²) in [5.74, 6) is 1.20. The van der Waals surface area contributed by atoms with Crippen molar-refractivity contribution in [2.75, 3.05) is 43.6 Å². The number of nitrogens with zero attached hydrogens (tertiary/aromatic N) is 4. The molecule has 1 saturated heterocycles. The summed E-state index contributed by atoms with van der Waals surface area (Å²) in [6, 6.07) is 1.90. The van der Waals surface area contributed by atoms with E-state index < -0.39 is 0 Å². The summed E-state index contributed by atoms with van der Waals surface area (Å²) in [4.78, 5) is 12.2. The van der Waals surface area contributed by atoms with Crippen molar-refractivity contribution in [3.05, 3.63) is 6.07 Å². The van der Waals surface area contributed by atoms with Gasteiger partial charge in [0.2, 0.25) is 5.95 Å². The molecule has 0 amide bonds. The van der Waals surface area contributed by atoms with E-state index in [-0.39, 0.29) is 18.1 Å². The van der Waals surface area contributed by atoms with Crippen LogP contribution < -0.4 is 16.4 Å². The third-order valence-corrected chi connectivity index (χ3v) is 3.01. The third-order valence-electron chi connectivity index (χ3n) is 3.01. The minimum Gasteiger partial charge on any atom is -0.391 e. The molecule has 2 unspecified atom stereocenters. The standard InChI is InChI=1S/C11H20N6O/c1-16(2)5-7-3-8(18)6-17(7)10-4-9(12)14-11(13)15-10/h4,7-8,18H,3,5-6H2,1-2H3,(H4,12,13,14,15). The molecule has 0 spiro atoms. The van der Waals surface area contributed by atoms with Gasteiger partial charge >= 0.3 is 0 Å². The van der Waals surface area contributed by atoms with Crippen molar-refractivity contribution in [2.24, 2.45) is 0 Å². The maximum absolute atomic E-state index is 9.82. The van der Waals surface area contributed by atoms with Crippen molar-refractivity contribution in [1.82, 2.24) is 14.9 Å². The lowest BCUT2D eigenvalue weighted by Crippen LogP contribution is -2.38. The van der Waals surface area contributed by atoms with Gasteiger partial charge in [0, 0.05) is 25.2 Å². The van der Waals surface area contributed by atoms with E-state index in [2.05, 4.69) is 14.9 Å². The van der Waals surface area contributed by atoms with Crippen LogP contribution in [0.2, 0.25) is 0 Å². The van der Waals surface area contributed by atoms with E-state index in [4.69, 9.17) is 11.5 Å². The van der Waals surface area contributed by atoms with Crippen LogP contribution in [-0.4, -0.2) is 59.3 Å². The molecule has 1 aliphatic heterocycles. The third kappa shape index (κ3) is 2.80. The number of β-amino-alcohol motifs (C(OH)–C–C–N with tert-alkyl or cyclic N) is 1. The Kier molecular flexibility index (Phi) is 3.53. The quantitative estimate of drug-likeness (QED) is 0.643. The highest BCUT2D eigenvalue weighted by Crippen LogP contribution is 2.26. The van der Waals surface area contributed by atoms with Gasteiger partial charge in [0.25, 0.3) is 0 Å². The van der Waals surface area contributed by atoms with E-state index in [0.29, 0.717) is 18.2 Å². The summed E-state index contributed by atoms with van der Waals surface area (Å²) in [6.45, 7) is 1.40. The molecule has 0 bridgehead atoms. The Morgan fingerprint density at radius 1 is 1.44 bits per heavy atom. The molecular formula is C11H20N6O. The number of aliphatic hydroxyl groups is 1. The van der Waals surface area contributed by atoms with Crippen LogP contribution in [0.25, 0.3) is 0 Å². The second-order valence-corrected chi connectivity index (χ2v) is 4.97. The van der Waals surface area contributed by atoms with Gasteiger partial charge in [-0.1, -0.05) is 0 Å². The van der Waals surface area contributed by atoms with Gasteiger partial charge < -0.3 is 26.4 Å². The van der Waals surface area contributed by atoms with Crippen molar-refractivity contribution < 1.29 is 5.11 Å². The Balaban J connectivity index is 2.23. The number of anilines is 3. The van der Waals surface area contributed by atoms with Gasteiger partial charge in [-0.3, -0.25) is 0 Å². The Morgan fingerprint density at radius 2 is 2.17 bits per heavy atom. The van der Waals surface area contributed by atoms with Crippen molar-refractivity contribution in [2.45, 2.75) is 18.6 Å². The fraction of sp³-hybridized carbons (Fsp3) is 0.636. The number of nitrogens with two attached hydrogens (primary N) is 2. The molecule has 1 aliphatic rings. The lowest BCUT2D eigenvalue weighted by Gasteiger charge is -2.27. The SMILES string of the molecule is CN(C)CC1CC(O)CN1c1cc(N)nc(N)n1. The molecule has 2 rings (SSSR count). The summed E-state index contributed by atoms with van der Waals surface area (Å²) in [5.41, 5.74) is 11.3. The summed E-state index contributed by atoms with van der Waals surface area (Å²) < 4.78 is 0. The van der Waals surface area contributed by atoms with E-state index in [1.54, 1.807) is 6.07 Å². The molecule has 0 aliphatic carbocycles. The lowest BCUT2D eigenvalue weighted by atomic mass is 10.2. The summed E-state index contributed by atoms with van der Waals surface area (Å²) in [5, 5.41) is 9.82. The molecule has 5 N–H and O–H groups in total. The minimum atomic E-state index is -0.340. The Labute approximate surface area is 106 Å². The van der Waals surface area contributed by atoms with Gasteiger partial charge in [0.05, 0.1) is 6.10 Å². The Bertz CT molecular complexity index is 404. The van der Waals surface area contributed by atoms with Crippen LogP contribution in [0, 0.1) is 0 Å². The van der Waals surface area contributed by atoms with Crippen LogP contribution in [0.4, 0.5) is 17.6 Å². The van der Waals surface area contributed by atoms with Crippen LogP contribution in [0.1, 0.15) is 6.42 Å². The largest absolute Gasteiger partial charge is 0.391 e. The van der Waals surface area contributed by atoms with E-state index in [1.807, 2.05) is 19.0 Å². The predicted molar refractivity (Wildman–Crippen MR) is 71.2 cm³/mol. The first-order valence-corrected chi connectivity index (χ1v) is 5.95. The highest BCUT2D eigenvalue weighted by atomic mass is 16.3. The molecule has 100 valence electrons. The van der Waals surface area contributed by atoms with Gasteiger partial charge in [0.1, 0.15) is 11.6 Å². The monoisotopic (exact) mass is 252 g/mol. The van der Waals surface area contributed by atoms with Crippen LogP contribution >= 0.6 is 0 Å². The second-order valence-electron chi connectivity index (χ2n) is 4.97. The molecular weight excluding hydrogens is 232 g/mol. The number of hydrogen-bond donors (Lipinski definition) is 3. The van der Waals surface area contributed by atoms with Gasteiger partial charge in [0.15, 0.2) is 0 Å². The van der Waals surface area contributed by atoms with Crippen molar-refractivity contribution in [3.63, 3.8) is 0 Å². The van der Waals surface area contributed by atoms with Crippen molar-refractivity contribution in [1.29, 1.82) is 0 Å². The molecule has 7 nitrogen and oxygen atoms in total. The number of nitrogen functional groups attached to an aromatic ring is 2. The molecule has 0 saturated carbocycles. The first-order chi connectivity index (χ1) is 8.45. The van der Waals surface area contributed by atoms with E-state index in [9.17, 15) is 5.11 Å². The van der Waals surface area contributed by atoms with E-state index in [1.165, 1.54) is 0 Å². The van der Waals surface area contributed by atoms with Crippen LogP contribution in [-0.2, 0) is 0 Å². The van der Waals surface area contributed by atoms with Crippen LogP contribution in [0.3, 0.4) is 0 Å². The molecule has 18 heavy (non-hydrogen) atoms. The topological polar surface area (TPSA) is 105 Å². The van der Waals surface area contributed by atoms with E-state index >= 15 is 0 Å².